The zero-order valence-electron chi connectivity index (χ0n) is 10.2. The third-order valence-corrected chi connectivity index (χ3v) is 4.12. The van der Waals surface area contributed by atoms with Gasteiger partial charge in [-0.2, -0.15) is 0 Å². The fourth-order valence-corrected chi connectivity index (χ4v) is 3.14. The van der Waals surface area contributed by atoms with Crippen LogP contribution in [0.5, 0.6) is 0 Å². The number of anilines is 1. The van der Waals surface area contributed by atoms with Gasteiger partial charge in [-0.1, -0.05) is 12.1 Å². The summed E-state index contributed by atoms with van der Waals surface area (Å²) in [7, 11) is 0. The minimum absolute atomic E-state index is 0.224. The van der Waals surface area contributed by atoms with E-state index in [1.165, 1.54) is 0 Å². The molecule has 2 atom stereocenters. The first-order chi connectivity index (χ1) is 8.75. The van der Waals surface area contributed by atoms with Gasteiger partial charge < -0.3 is 10.2 Å². The number of fused-ring (bicyclic) bond motifs is 1. The maximum absolute atomic E-state index is 11.1. The Morgan fingerprint density at radius 1 is 1.28 bits per heavy atom. The van der Waals surface area contributed by atoms with E-state index in [2.05, 4.69) is 10.2 Å². The summed E-state index contributed by atoms with van der Waals surface area (Å²) in [6.45, 7) is 4.01. The monoisotopic (exact) mass is 247 g/mol. The molecule has 3 rings (SSSR count). The molecule has 0 saturated carbocycles. The summed E-state index contributed by atoms with van der Waals surface area (Å²) in [6.07, 6.45) is 1.13. The molecule has 2 aliphatic rings. The van der Waals surface area contributed by atoms with E-state index in [1.54, 1.807) is 12.1 Å². The van der Waals surface area contributed by atoms with Crippen molar-refractivity contribution < 1.29 is 4.92 Å². The molecule has 0 aromatic heterocycles. The van der Waals surface area contributed by atoms with E-state index in [1.807, 2.05) is 12.1 Å². The summed E-state index contributed by atoms with van der Waals surface area (Å²) in [4.78, 5) is 12.9. The fraction of sp³-hybridized carbons (Fsp3) is 0.538. The minimum Gasteiger partial charge on any atom is -0.366 e. The summed E-state index contributed by atoms with van der Waals surface area (Å²) >= 11 is 0. The average Bonchev–Trinajstić information content (AvgIpc) is 2.85. The third-order valence-electron chi connectivity index (χ3n) is 4.12. The fourth-order valence-electron chi connectivity index (χ4n) is 3.14. The first-order valence-corrected chi connectivity index (χ1v) is 6.45. The van der Waals surface area contributed by atoms with Crippen LogP contribution in [0.2, 0.25) is 0 Å². The zero-order valence-corrected chi connectivity index (χ0v) is 10.2. The molecule has 0 aliphatic carbocycles. The van der Waals surface area contributed by atoms with Crippen molar-refractivity contribution in [2.75, 3.05) is 31.1 Å². The van der Waals surface area contributed by atoms with Crippen molar-refractivity contribution in [3.8, 4) is 0 Å². The highest BCUT2D eigenvalue weighted by molar-refractivity contribution is 5.63. The van der Waals surface area contributed by atoms with Crippen molar-refractivity contribution in [2.24, 2.45) is 11.8 Å². The molecule has 0 spiro atoms. The van der Waals surface area contributed by atoms with Crippen LogP contribution in [0.4, 0.5) is 11.4 Å². The van der Waals surface area contributed by atoms with E-state index >= 15 is 0 Å². The van der Waals surface area contributed by atoms with Gasteiger partial charge in [-0.25, -0.2) is 0 Å². The van der Waals surface area contributed by atoms with Gasteiger partial charge in [0.1, 0.15) is 5.69 Å². The Labute approximate surface area is 106 Å². The van der Waals surface area contributed by atoms with Crippen molar-refractivity contribution in [3.05, 3.63) is 34.4 Å². The molecule has 18 heavy (non-hydrogen) atoms. The normalized spacial score (nSPS) is 27.0. The molecule has 2 aliphatic heterocycles. The summed E-state index contributed by atoms with van der Waals surface area (Å²) in [6, 6.07) is 7.06. The molecule has 0 amide bonds. The maximum Gasteiger partial charge on any atom is 0.292 e. The van der Waals surface area contributed by atoms with Crippen LogP contribution in [0.15, 0.2) is 24.3 Å². The molecular formula is C13H17N3O2. The lowest BCUT2D eigenvalue weighted by atomic mass is 9.88. The highest BCUT2D eigenvalue weighted by Gasteiger charge is 2.34. The predicted octanol–water partition coefficient (Wildman–Crippen LogP) is 1.64. The van der Waals surface area contributed by atoms with Crippen LogP contribution in [-0.4, -0.2) is 31.1 Å². The summed E-state index contributed by atoms with van der Waals surface area (Å²) in [5.41, 5.74) is 0.995. The van der Waals surface area contributed by atoms with Gasteiger partial charge in [-0.05, 0) is 37.4 Å². The Hall–Kier alpha value is -1.62. The number of hydrogen-bond acceptors (Lipinski definition) is 4. The summed E-state index contributed by atoms with van der Waals surface area (Å²) < 4.78 is 0. The Kier molecular flexibility index (Phi) is 2.91. The van der Waals surface area contributed by atoms with Crippen molar-refractivity contribution in [3.63, 3.8) is 0 Å². The van der Waals surface area contributed by atoms with E-state index in [0.29, 0.717) is 5.92 Å². The van der Waals surface area contributed by atoms with Crippen LogP contribution in [-0.2, 0) is 0 Å². The quantitative estimate of drug-likeness (QED) is 0.637. The van der Waals surface area contributed by atoms with E-state index in [9.17, 15) is 10.1 Å². The average molecular weight is 247 g/mol. The van der Waals surface area contributed by atoms with Gasteiger partial charge in [0.15, 0.2) is 0 Å². The molecule has 5 nitrogen and oxygen atoms in total. The number of benzene rings is 1. The van der Waals surface area contributed by atoms with E-state index in [4.69, 9.17) is 0 Å². The van der Waals surface area contributed by atoms with E-state index < -0.39 is 0 Å². The standard InChI is InChI=1S/C13H17N3O2/c17-16(18)13-4-2-1-3-12(13)15-6-5-10-7-14-8-11(10)9-15/h1-4,10-11,14H,5-9H2. The lowest BCUT2D eigenvalue weighted by Crippen LogP contribution is -2.40. The number of piperidine rings is 1. The largest absolute Gasteiger partial charge is 0.366 e. The summed E-state index contributed by atoms with van der Waals surface area (Å²) in [5.74, 6) is 1.39. The van der Waals surface area contributed by atoms with Crippen LogP contribution in [0.25, 0.3) is 0 Å². The van der Waals surface area contributed by atoms with Gasteiger partial charge in [0.25, 0.3) is 5.69 Å². The SMILES string of the molecule is O=[N+]([O-])c1ccccc1N1CCC2CNCC2C1. The molecule has 0 radical (unpaired) electrons. The Bertz CT molecular complexity index is 463. The second-order valence-corrected chi connectivity index (χ2v) is 5.16. The van der Waals surface area contributed by atoms with Crippen LogP contribution in [0.3, 0.4) is 0 Å². The van der Waals surface area contributed by atoms with Gasteiger partial charge in [0.2, 0.25) is 0 Å². The van der Waals surface area contributed by atoms with E-state index in [0.717, 1.165) is 44.2 Å². The highest BCUT2D eigenvalue weighted by Crippen LogP contribution is 2.34. The molecule has 0 bridgehead atoms. The molecule has 2 fully saturated rings. The first kappa shape index (κ1) is 11.5. The second kappa shape index (κ2) is 4.57. The van der Waals surface area contributed by atoms with Crippen molar-refractivity contribution in [1.82, 2.24) is 5.32 Å². The lowest BCUT2D eigenvalue weighted by molar-refractivity contribution is -0.384. The number of hydrogen-bond donors (Lipinski definition) is 1. The number of nitrogens with zero attached hydrogens (tertiary/aromatic N) is 2. The second-order valence-electron chi connectivity index (χ2n) is 5.16. The van der Waals surface area contributed by atoms with Gasteiger partial charge in [0, 0.05) is 19.2 Å². The molecule has 2 heterocycles. The summed E-state index contributed by atoms with van der Waals surface area (Å²) in [5, 5.41) is 14.5. The molecule has 2 saturated heterocycles. The molecule has 2 unspecified atom stereocenters. The Morgan fingerprint density at radius 3 is 2.89 bits per heavy atom. The number of nitrogens with one attached hydrogen (secondary N) is 1. The number of nitro groups is 1. The van der Waals surface area contributed by atoms with Gasteiger partial charge in [0.05, 0.1) is 4.92 Å². The molecule has 1 aromatic carbocycles. The topological polar surface area (TPSA) is 58.4 Å². The highest BCUT2D eigenvalue weighted by atomic mass is 16.6. The Balaban J connectivity index is 1.85. The van der Waals surface area contributed by atoms with Crippen LogP contribution >= 0.6 is 0 Å². The molecular weight excluding hydrogens is 230 g/mol. The zero-order chi connectivity index (χ0) is 12.5. The Morgan fingerprint density at radius 2 is 2.06 bits per heavy atom. The number of nitro benzene ring substituents is 1. The predicted molar refractivity (Wildman–Crippen MR) is 69.8 cm³/mol. The molecule has 96 valence electrons. The van der Waals surface area contributed by atoms with Gasteiger partial charge in [-0.3, -0.25) is 10.1 Å². The number of para-hydroxylation sites is 2. The first-order valence-electron chi connectivity index (χ1n) is 6.45. The van der Waals surface area contributed by atoms with Crippen molar-refractivity contribution in [2.45, 2.75) is 6.42 Å². The van der Waals surface area contributed by atoms with Crippen molar-refractivity contribution >= 4 is 11.4 Å². The van der Waals surface area contributed by atoms with Crippen LogP contribution < -0.4 is 10.2 Å². The van der Waals surface area contributed by atoms with E-state index in [-0.39, 0.29) is 10.6 Å². The van der Waals surface area contributed by atoms with Gasteiger partial charge >= 0.3 is 0 Å². The van der Waals surface area contributed by atoms with Crippen LogP contribution in [0, 0.1) is 22.0 Å². The molecule has 1 N–H and O–H groups in total. The van der Waals surface area contributed by atoms with Crippen molar-refractivity contribution in [1.29, 1.82) is 0 Å². The lowest BCUT2D eigenvalue weighted by Gasteiger charge is -2.35. The minimum atomic E-state index is -0.283. The molecule has 1 aromatic rings. The molecule has 5 heteroatoms. The number of rotatable bonds is 2. The van der Waals surface area contributed by atoms with Gasteiger partial charge in [-0.15, -0.1) is 0 Å². The maximum atomic E-state index is 11.1. The smallest absolute Gasteiger partial charge is 0.292 e. The third kappa shape index (κ3) is 1.95. The van der Waals surface area contributed by atoms with Crippen LogP contribution in [0.1, 0.15) is 6.42 Å².